The second-order valence-electron chi connectivity index (χ2n) is 8.21. The average Bonchev–Trinajstić information content (AvgIpc) is 3.29. The molecular formula is C23H26N2O3S. The molecular weight excluding hydrogens is 384 g/mol. The predicted octanol–water partition coefficient (Wildman–Crippen LogP) is 5.55. The molecule has 0 spiro atoms. The first-order valence-electron chi connectivity index (χ1n) is 10.3. The SMILES string of the molecule is O=C(CC1(C(=O)O)CCCC1)Nc1cccc(C=Cc2nc(C3CCC3)cs2)c1. The number of nitrogens with one attached hydrogen (secondary N) is 1. The zero-order chi connectivity index (χ0) is 20.3. The van der Waals surface area contributed by atoms with Crippen LogP contribution in [0.5, 0.6) is 0 Å². The summed E-state index contributed by atoms with van der Waals surface area (Å²) < 4.78 is 0. The highest BCUT2D eigenvalue weighted by Gasteiger charge is 2.42. The number of benzene rings is 1. The van der Waals surface area contributed by atoms with Crippen molar-refractivity contribution in [3.63, 3.8) is 0 Å². The third-order valence-electron chi connectivity index (χ3n) is 6.17. The molecule has 2 aliphatic carbocycles. The first-order chi connectivity index (χ1) is 14.0. The van der Waals surface area contributed by atoms with E-state index in [1.165, 1.54) is 25.0 Å². The fraction of sp³-hybridized carbons (Fsp3) is 0.435. The number of carbonyl (C=O) groups is 2. The van der Waals surface area contributed by atoms with Gasteiger partial charge in [0.1, 0.15) is 5.01 Å². The van der Waals surface area contributed by atoms with Crippen LogP contribution in [0.2, 0.25) is 0 Å². The zero-order valence-electron chi connectivity index (χ0n) is 16.4. The molecule has 2 N–H and O–H groups in total. The molecule has 0 atom stereocenters. The van der Waals surface area contributed by atoms with Crippen molar-refractivity contribution in [3.05, 3.63) is 45.9 Å². The summed E-state index contributed by atoms with van der Waals surface area (Å²) in [6, 6.07) is 7.59. The van der Waals surface area contributed by atoms with Gasteiger partial charge in [-0.25, -0.2) is 4.98 Å². The molecule has 0 unspecified atom stereocenters. The monoisotopic (exact) mass is 410 g/mol. The van der Waals surface area contributed by atoms with Gasteiger partial charge in [-0.05, 0) is 49.5 Å². The van der Waals surface area contributed by atoms with Gasteiger partial charge in [0.15, 0.2) is 0 Å². The molecule has 1 aromatic heterocycles. The second kappa shape index (κ2) is 8.49. The van der Waals surface area contributed by atoms with E-state index in [1.807, 2.05) is 36.4 Å². The number of carbonyl (C=O) groups excluding carboxylic acids is 1. The quantitative estimate of drug-likeness (QED) is 0.627. The molecule has 6 heteroatoms. The van der Waals surface area contributed by atoms with Crippen molar-refractivity contribution in [1.82, 2.24) is 4.98 Å². The van der Waals surface area contributed by atoms with Crippen molar-refractivity contribution in [3.8, 4) is 0 Å². The predicted molar refractivity (Wildman–Crippen MR) is 116 cm³/mol. The largest absolute Gasteiger partial charge is 0.481 e. The number of carboxylic acids is 1. The average molecular weight is 411 g/mol. The van der Waals surface area contributed by atoms with E-state index in [0.29, 0.717) is 24.4 Å². The lowest BCUT2D eigenvalue weighted by Gasteiger charge is -2.22. The molecule has 29 heavy (non-hydrogen) atoms. The highest BCUT2D eigenvalue weighted by atomic mass is 32.1. The number of rotatable bonds is 7. The molecule has 4 rings (SSSR count). The van der Waals surface area contributed by atoms with Crippen LogP contribution in [0.15, 0.2) is 29.6 Å². The molecule has 152 valence electrons. The Morgan fingerprint density at radius 1 is 1.21 bits per heavy atom. The van der Waals surface area contributed by atoms with Gasteiger partial charge in [0, 0.05) is 23.4 Å². The molecule has 1 amide bonds. The Balaban J connectivity index is 1.38. The maximum absolute atomic E-state index is 12.5. The number of nitrogens with zero attached hydrogens (tertiary/aromatic N) is 1. The molecule has 2 aromatic rings. The third kappa shape index (κ3) is 4.58. The van der Waals surface area contributed by atoms with Gasteiger partial charge in [0.05, 0.1) is 11.1 Å². The van der Waals surface area contributed by atoms with Crippen molar-refractivity contribution in [2.75, 3.05) is 5.32 Å². The highest BCUT2D eigenvalue weighted by Crippen LogP contribution is 2.41. The van der Waals surface area contributed by atoms with Gasteiger partial charge in [-0.15, -0.1) is 11.3 Å². The molecule has 0 aliphatic heterocycles. The standard InChI is InChI=1S/C23H26N2O3S/c26-20(14-23(22(27)28)11-1-2-12-23)24-18-8-3-5-16(13-18)9-10-21-25-19(15-29-21)17-6-4-7-17/h3,5,8-10,13,15,17H,1-2,4,6-7,11-12,14H2,(H,24,26)(H,27,28). The van der Waals surface area contributed by atoms with Gasteiger partial charge in [-0.2, -0.15) is 0 Å². The fourth-order valence-electron chi connectivity index (χ4n) is 4.19. The smallest absolute Gasteiger partial charge is 0.310 e. The second-order valence-corrected chi connectivity index (χ2v) is 9.10. The fourth-order valence-corrected chi connectivity index (χ4v) is 4.98. The Morgan fingerprint density at radius 3 is 2.69 bits per heavy atom. The number of anilines is 1. The van der Waals surface area contributed by atoms with E-state index < -0.39 is 11.4 Å². The number of aliphatic carboxylic acids is 1. The van der Waals surface area contributed by atoms with Crippen LogP contribution >= 0.6 is 11.3 Å². The minimum absolute atomic E-state index is 0.0332. The minimum Gasteiger partial charge on any atom is -0.481 e. The summed E-state index contributed by atoms with van der Waals surface area (Å²) >= 11 is 1.66. The first-order valence-corrected chi connectivity index (χ1v) is 11.2. The molecule has 2 saturated carbocycles. The van der Waals surface area contributed by atoms with E-state index in [2.05, 4.69) is 10.7 Å². The number of carboxylic acid groups (broad SMARTS) is 1. The van der Waals surface area contributed by atoms with Crippen LogP contribution in [0.25, 0.3) is 12.2 Å². The van der Waals surface area contributed by atoms with Gasteiger partial charge >= 0.3 is 5.97 Å². The van der Waals surface area contributed by atoms with Crippen molar-refractivity contribution in [2.45, 2.75) is 57.3 Å². The van der Waals surface area contributed by atoms with E-state index in [1.54, 1.807) is 11.3 Å². The molecule has 2 fully saturated rings. The number of amides is 1. The summed E-state index contributed by atoms with van der Waals surface area (Å²) in [5.74, 6) is -0.451. The van der Waals surface area contributed by atoms with Crippen LogP contribution < -0.4 is 5.32 Å². The third-order valence-corrected chi connectivity index (χ3v) is 6.99. The maximum atomic E-state index is 12.5. The first kappa shape index (κ1) is 19.8. The highest BCUT2D eigenvalue weighted by molar-refractivity contribution is 7.10. The molecule has 1 heterocycles. The van der Waals surface area contributed by atoms with Crippen LogP contribution in [0.1, 0.15) is 73.5 Å². The summed E-state index contributed by atoms with van der Waals surface area (Å²) in [6.07, 6.45) is 10.7. The van der Waals surface area contributed by atoms with E-state index in [-0.39, 0.29) is 12.3 Å². The number of hydrogen-bond donors (Lipinski definition) is 2. The Kier molecular flexibility index (Phi) is 5.81. The van der Waals surface area contributed by atoms with Crippen LogP contribution in [0, 0.1) is 5.41 Å². The van der Waals surface area contributed by atoms with Crippen molar-refractivity contribution < 1.29 is 14.7 Å². The topological polar surface area (TPSA) is 79.3 Å². The molecule has 0 saturated heterocycles. The van der Waals surface area contributed by atoms with Crippen LogP contribution in [-0.4, -0.2) is 22.0 Å². The summed E-state index contributed by atoms with van der Waals surface area (Å²) in [6.45, 7) is 0. The molecule has 0 radical (unpaired) electrons. The maximum Gasteiger partial charge on any atom is 0.310 e. The Bertz CT molecular complexity index is 924. The van der Waals surface area contributed by atoms with Gasteiger partial charge in [-0.1, -0.05) is 37.5 Å². The van der Waals surface area contributed by atoms with Crippen molar-refractivity contribution in [1.29, 1.82) is 0 Å². The normalized spacial score (nSPS) is 18.6. The summed E-state index contributed by atoms with van der Waals surface area (Å²) in [7, 11) is 0. The summed E-state index contributed by atoms with van der Waals surface area (Å²) in [5, 5.41) is 15.6. The lowest BCUT2D eigenvalue weighted by molar-refractivity contribution is -0.150. The van der Waals surface area contributed by atoms with Crippen LogP contribution in [0.4, 0.5) is 5.69 Å². The Hall–Kier alpha value is -2.47. The number of thiazole rings is 1. The van der Waals surface area contributed by atoms with Crippen LogP contribution in [-0.2, 0) is 9.59 Å². The molecule has 0 bridgehead atoms. The Labute approximate surface area is 174 Å². The lowest BCUT2D eigenvalue weighted by atomic mass is 9.82. The molecule has 5 nitrogen and oxygen atoms in total. The molecule has 2 aliphatic rings. The van der Waals surface area contributed by atoms with E-state index >= 15 is 0 Å². The zero-order valence-corrected chi connectivity index (χ0v) is 17.2. The van der Waals surface area contributed by atoms with Gasteiger partial charge in [0.2, 0.25) is 5.91 Å². The van der Waals surface area contributed by atoms with Crippen molar-refractivity contribution in [2.24, 2.45) is 5.41 Å². The minimum atomic E-state index is -0.898. The van der Waals surface area contributed by atoms with Gasteiger partial charge in [0.25, 0.3) is 0 Å². The summed E-state index contributed by atoms with van der Waals surface area (Å²) in [5.41, 5.74) is 1.97. The lowest BCUT2D eigenvalue weighted by Crippen LogP contribution is -2.32. The molecule has 1 aromatic carbocycles. The van der Waals surface area contributed by atoms with E-state index in [0.717, 1.165) is 23.4 Å². The Morgan fingerprint density at radius 2 is 2.00 bits per heavy atom. The van der Waals surface area contributed by atoms with Crippen LogP contribution in [0.3, 0.4) is 0 Å². The van der Waals surface area contributed by atoms with E-state index in [4.69, 9.17) is 4.98 Å². The van der Waals surface area contributed by atoms with Crippen molar-refractivity contribution >= 4 is 41.1 Å². The van der Waals surface area contributed by atoms with Gasteiger partial charge < -0.3 is 10.4 Å². The van der Waals surface area contributed by atoms with Gasteiger partial charge in [-0.3, -0.25) is 9.59 Å². The van der Waals surface area contributed by atoms with E-state index in [9.17, 15) is 14.7 Å². The number of hydrogen-bond acceptors (Lipinski definition) is 4. The summed E-state index contributed by atoms with van der Waals surface area (Å²) in [4.78, 5) is 28.8. The number of aromatic nitrogens is 1.